The van der Waals surface area contributed by atoms with Gasteiger partial charge < -0.3 is 29.0 Å². The minimum absolute atomic E-state index is 0.00497. The van der Waals surface area contributed by atoms with Crippen LogP contribution in [0.25, 0.3) is 43.2 Å². The van der Waals surface area contributed by atoms with Gasteiger partial charge in [-0.15, -0.1) is 11.3 Å². The van der Waals surface area contributed by atoms with Crippen LogP contribution in [0.15, 0.2) is 90.2 Å². The van der Waals surface area contributed by atoms with Crippen molar-refractivity contribution in [3.05, 3.63) is 124 Å². The number of thiophene rings is 1. The third-order valence-corrected chi connectivity index (χ3v) is 15.2. The second-order valence-corrected chi connectivity index (χ2v) is 20.8. The van der Waals surface area contributed by atoms with Gasteiger partial charge in [-0.1, -0.05) is 35.3 Å². The zero-order chi connectivity index (χ0) is 47.9. The van der Waals surface area contributed by atoms with Crippen LogP contribution in [-0.2, 0) is 27.6 Å². The van der Waals surface area contributed by atoms with E-state index in [-0.39, 0.29) is 35.6 Å². The predicted molar refractivity (Wildman–Crippen MR) is 261 cm³/mol. The average molecular weight is 999 g/mol. The smallest absolute Gasteiger partial charge is 0.345 e. The molecule has 19 heteroatoms. The highest BCUT2D eigenvalue weighted by molar-refractivity contribution is 7.91. The van der Waals surface area contributed by atoms with Gasteiger partial charge in [-0.05, 0) is 104 Å². The van der Waals surface area contributed by atoms with E-state index >= 15 is 0 Å². The van der Waals surface area contributed by atoms with Crippen molar-refractivity contribution in [3.8, 4) is 56.1 Å². The fourth-order valence-corrected chi connectivity index (χ4v) is 10.7. The number of aliphatic carboxylic acids is 1. The van der Waals surface area contributed by atoms with Crippen LogP contribution in [0.1, 0.15) is 22.4 Å². The minimum atomic E-state index is -2.89. The van der Waals surface area contributed by atoms with Gasteiger partial charge in [-0.25, -0.2) is 38.1 Å². The fourth-order valence-electron chi connectivity index (χ4n) is 8.34. The van der Waals surface area contributed by atoms with Crippen molar-refractivity contribution in [2.45, 2.75) is 44.0 Å². The first-order valence-corrected chi connectivity index (χ1v) is 25.2. The number of ether oxygens (including phenoxy) is 4. The first-order chi connectivity index (χ1) is 32.6. The summed E-state index contributed by atoms with van der Waals surface area (Å²) in [4.78, 5) is 37.8. The predicted octanol–water partition coefficient (Wildman–Crippen LogP) is 9.62. The standard InChI is InChI=1S/C49H46Cl2FN7O7S2/c1-27-39-28(2)43(51)44(42(27)50)65-35(23-59-19-17-58(3)18-20-59)25-63-34-11-14-37(64-24-33-15-16-54-46(57-33)30-7-12-36(13-8-30)68(4,53)62)31(21-34)22-38(49(60)61)66-47-41-40(39)45(67-48(41)56-26-55-47)29-5-9-32(52)10-6-29/h5-16,21,26,35,38,53H,17-20,22-25H2,1-4H3,(H,60,61)/t35?,38-,68?/m1/s1. The summed E-state index contributed by atoms with van der Waals surface area (Å²) in [7, 11) is -0.803. The summed E-state index contributed by atoms with van der Waals surface area (Å²) >= 11 is 16.0. The number of aromatic nitrogens is 4. The van der Waals surface area contributed by atoms with Crippen molar-refractivity contribution in [2.24, 2.45) is 0 Å². The van der Waals surface area contributed by atoms with Crippen molar-refractivity contribution >= 4 is 60.5 Å². The molecule has 3 aliphatic heterocycles. The third-order valence-electron chi connectivity index (χ3n) is 12.0. The maximum Gasteiger partial charge on any atom is 0.345 e. The number of hydrogen-bond acceptors (Lipinski definition) is 14. The van der Waals surface area contributed by atoms with Crippen molar-refractivity contribution in [3.63, 3.8) is 0 Å². The molecule has 6 heterocycles. The molecule has 10 rings (SSSR count). The van der Waals surface area contributed by atoms with E-state index in [9.17, 15) is 18.5 Å². The van der Waals surface area contributed by atoms with Crippen LogP contribution < -0.4 is 18.9 Å². The summed E-state index contributed by atoms with van der Waals surface area (Å²) in [5.41, 5.74) is 4.85. The molecule has 14 nitrogen and oxygen atoms in total. The summed E-state index contributed by atoms with van der Waals surface area (Å²) < 4.78 is 60.8. The number of carboxylic acids is 1. The van der Waals surface area contributed by atoms with Crippen LogP contribution in [0.3, 0.4) is 0 Å². The third kappa shape index (κ3) is 9.95. The Morgan fingerprint density at radius 3 is 2.34 bits per heavy atom. The Labute approximate surface area is 406 Å². The number of likely N-dealkylation sites (N-methyl/N-ethyl adjacent to an activating group) is 1. The van der Waals surface area contributed by atoms with E-state index in [1.165, 1.54) is 36.1 Å². The van der Waals surface area contributed by atoms with Gasteiger partial charge in [0.15, 0.2) is 11.6 Å². The number of carbonyl (C=O) groups is 1. The molecular weight excluding hydrogens is 953 g/mol. The molecule has 3 aliphatic rings. The number of nitrogens with zero attached hydrogens (tertiary/aromatic N) is 6. The van der Waals surface area contributed by atoms with Crippen molar-refractivity contribution in [2.75, 3.05) is 52.6 Å². The van der Waals surface area contributed by atoms with Gasteiger partial charge in [0.05, 0.1) is 30.9 Å². The highest BCUT2D eigenvalue weighted by Crippen LogP contribution is 2.53. The summed E-state index contributed by atoms with van der Waals surface area (Å²) in [5.74, 6) is -0.175. The van der Waals surface area contributed by atoms with E-state index in [2.05, 4.69) is 31.8 Å². The Bertz CT molecular complexity index is 3120. The number of fused-ring (bicyclic) bond motifs is 7. The molecule has 3 aromatic heterocycles. The lowest BCUT2D eigenvalue weighted by molar-refractivity contribution is -0.145. The molecular formula is C49H46Cl2FN7O7S2. The Kier molecular flexibility index (Phi) is 13.6. The normalized spacial score (nSPS) is 17.7. The SMILES string of the molecule is Cc1c(Cl)c2c(Cl)c(C)c1-c1c(-c3ccc(F)cc3)sc3ncnc(c13)O[C@@H](C(=O)O)Cc1cc(ccc1OCc1ccnc(-c3ccc(S(C)(=N)=O)cc3)n1)OCC(CN1CCN(C)CC1)O2. The summed E-state index contributed by atoms with van der Waals surface area (Å²) in [6.07, 6.45) is 2.05. The Balaban J connectivity index is 1.14. The van der Waals surface area contributed by atoms with Gasteiger partial charge in [-0.2, -0.15) is 0 Å². The van der Waals surface area contributed by atoms with Gasteiger partial charge in [-0.3, -0.25) is 4.90 Å². The topological polar surface area (TPSA) is 173 Å². The monoisotopic (exact) mass is 997 g/mol. The zero-order valence-corrected chi connectivity index (χ0v) is 40.6. The molecule has 0 spiro atoms. The first kappa shape index (κ1) is 47.1. The van der Waals surface area contributed by atoms with Gasteiger partial charge >= 0.3 is 5.97 Å². The summed E-state index contributed by atoms with van der Waals surface area (Å²) in [6.45, 7) is 7.72. The van der Waals surface area contributed by atoms with Crippen LogP contribution in [-0.4, -0.2) is 110 Å². The summed E-state index contributed by atoms with van der Waals surface area (Å²) in [5, 5.41) is 11.9. The lowest BCUT2D eigenvalue weighted by Gasteiger charge is -2.35. The molecule has 0 aliphatic carbocycles. The van der Waals surface area contributed by atoms with Crippen molar-refractivity contribution < 1.29 is 37.4 Å². The van der Waals surface area contributed by atoms with E-state index in [1.54, 1.807) is 66.9 Å². The van der Waals surface area contributed by atoms with E-state index in [4.69, 9.17) is 51.9 Å². The quantitative estimate of drug-likeness (QED) is 0.140. The number of rotatable bonds is 9. The molecule has 4 aromatic carbocycles. The lowest BCUT2D eigenvalue weighted by atomic mass is 9.92. The fraction of sp³-hybridized carbons (Fsp3) is 0.286. The first-order valence-electron chi connectivity index (χ1n) is 21.6. The van der Waals surface area contributed by atoms with Gasteiger partial charge in [0.2, 0.25) is 12.0 Å². The highest BCUT2D eigenvalue weighted by Gasteiger charge is 2.32. The molecule has 2 N–H and O–H groups in total. The number of nitrogens with one attached hydrogen (secondary N) is 1. The van der Waals surface area contributed by atoms with E-state index in [1.807, 2.05) is 13.8 Å². The molecule has 68 heavy (non-hydrogen) atoms. The molecule has 1 fully saturated rings. The molecule has 0 saturated carbocycles. The van der Waals surface area contributed by atoms with Crippen molar-refractivity contribution in [1.82, 2.24) is 29.7 Å². The molecule has 2 unspecified atom stereocenters. The van der Waals surface area contributed by atoms with Gasteiger partial charge in [0, 0.05) is 78.1 Å². The molecule has 3 atom stereocenters. The molecule has 7 aromatic rings. The largest absolute Gasteiger partial charge is 0.490 e. The van der Waals surface area contributed by atoms with E-state index < -0.39 is 33.7 Å². The number of hydrogen-bond donors (Lipinski definition) is 2. The Hall–Kier alpha value is -5.95. The minimum Gasteiger partial charge on any atom is -0.490 e. The Morgan fingerprint density at radius 2 is 1.65 bits per heavy atom. The van der Waals surface area contributed by atoms with E-state index in [0.29, 0.717) is 94.2 Å². The maximum absolute atomic E-state index is 14.4. The van der Waals surface area contributed by atoms with Crippen LogP contribution in [0.5, 0.6) is 23.1 Å². The van der Waals surface area contributed by atoms with Crippen LogP contribution in [0.4, 0.5) is 4.39 Å². The van der Waals surface area contributed by atoms with Gasteiger partial charge in [0.1, 0.15) is 47.8 Å². The Morgan fingerprint density at radius 1 is 0.941 bits per heavy atom. The lowest BCUT2D eigenvalue weighted by Crippen LogP contribution is -2.49. The molecule has 0 amide bonds. The molecule has 0 radical (unpaired) electrons. The highest BCUT2D eigenvalue weighted by atomic mass is 35.5. The second-order valence-electron chi connectivity index (χ2n) is 16.9. The molecule has 4 bridgehead atoms. The van der Waals surface area contributed by atoms with Crippen molar-refractivity contribution in [1.29, 1.82) is 4.78 Å². The zero-order valence-electron chi connectivity index (χ0n) is 37.4. The van der Waals surface area contributed by atoms with Crippen LogP contribution >= 0.6 is 34.5 Å². The summed E-state index contributed by atoms with van der Waals surface area (Å²) in [6, 6.07) is 19.7. The maximum atomic E-state index is 14.4. The second kappa shape index (κ2) is 19.6. The molecule has 1 saturated heterocycles. The molecule has 352 valence electrons. The van der Waals surface area contributed by atoms with Crippen LogP contribution in [0, 0.1) is 24.4 Å². The average Bonchev–Trinajstić information content (AvgIpc) is 3.71. The number of carboxylic acid groups (broad SMARTS) is 1. The number of halogens is 3. The number of benzene rings is 4. The number of piperazine rings is 1. The van der Waals surface area contributed by atoms with Crippen LogP contribution in [0.2, 0.25) is 10.0 Å². The van der Waals surface area contributed by atoms with E-state index in [0.717, 1.165) is 26.2 Å². The van der Waals surface area contributed by atoms with Gasteiger partial charge in [0.25, 0.3) is 0 Å².